The molecule has 2 aliphatic rings. The van der Waals surface area contributed by atoms with Gasteiger partial charge in [0.15, 0.2) is 0 Å². The second-order valence-electron chi connectivity index (χ2n) is 6.69. The van der Waals surface area contributed by atoms with Crippen molar-refractivity contribution in [2.75, 3.05) is 52.5 Å². The smallest absolute Gasteiger partial charge is 0.0472 e. The highest BCUT2D eigenvalue weighted by molar-refractivity contribution is 4.88. The average molecular weight is 284 g/mol. The van der Waals surface area contributed by atoms with E-state index in [1.807, 2.05) is 0 Å². The fraction of sp³-hybridized carbons (Fsp3) is 1.00. The highest BCUT2D eigenvalue weighted by Crippen LogP contribution is 2.32. The third-order valence-electron chi connectivity index (χ3n) is 5.00. The molecule has 0 atom stereocenters. The topological polar surface area (TPSA) is 44.7 Å². The second kappa shape index (κ2) is 8.32. The van der Waals surface area contributed by atoms with E-state index in [1.54, 1.807) is 0 Å². The largest absolute Gasteiger partial charge is 0.396 e. The van der Waals surface area contributed by atoms with Crippen molar-refractivity contribution >= 4 is 0 Å². The van der Waals surface area contributed by atoms with Crippen molar-refractivity contribution < 1.29 is 9.84 Å². The molecule has 2 N–H and O–H groups in total. The minimum Gasteiger partial charge on any atom is -0.396 e. The highest BCUT2D eigenvalue weighted by atomic mass is 16.5. The van der Waals surface area contributed by atoms with Gasteiger partial charge in [0, 0.05) is 32.9 Å². The minimum atomic E-state index is 0.366. The van der Waals surface area contributed by atoms with Gasteiger partial charge in [-0.25, -0.2) is 0 Å². The molecule has 20 heavy (non-hydrogen) atoms. The van der Waals surface area contributed by atoms with Crippen LogP contribution in [-0.2, 0) is 4.74 Å². The predicted molar refractivity (Wildman–Crippen MR) is 81.9 cm³/mol. The lowest BCUT2D eigenvalue weighted by Crippen LogP contribution is -2.49. The van der Waals surface area contributed by atoms with Crippen LogP contribution in [0, 0.1) is 11.3 Å². The highest BCUT2D eigenvalue weighted by Gasteiger charge is 2.35. The van der Waals surface area contributed by atoms with E-state index in [-0.39, 0.29) is 0 Å². The Morgan fingerprint density at radius 1 is 1.25 bits per heavy atom. The predicted octanol–water partition coefficient (Wildman–Crippen LogP) is 1.49. The van der Waals surface area contributed by atoms with E-state index < -0.39 is 0 Å². The quantitative estimate of drug-likeness (QED) is 0.695. The summed E-state index contributed by atoms with van der Waals surface area (Å²) in [6.45, 7) is 10.2. The zero-order valence-corrected chi connectivity index (χ0v) is 13.1. The van der Waals surface area contributed by atoms with Crippen molar-refractivity contribution in [2.24, 2.45) is 11.3 Å². The standard InChI is InChI=1S/C16H32N2O2/c1-2-7-17-13-16(5-10-20-11-6-16)14-18-8-3-15(12-19)4-9-18/h15,17,19H,2-14H2,1H3. The van der Waals surface area contributed by atoms with Gasteiger partial charge in [0.2, 0.25) is 0 Å². The molecule has 2 heterocycles. The van der Waals surface area contributed by atoms with Crippen LogP contribution < -0.4 is 5.32 Å². The molecular formula is C16H32N2O2. The average Bonchev–Trinajstić information content (AvgIpc) is 2.49. The summed E-state index contributed by atoms with van der Waals surface area (Å²) in [5.74, 6) is 0.537. The van der Waals surface area contributed by atoms with Crippen molar-refractivity contribution in [1.82, 2.24) is 10.2 Å². The number of hydrogen-bond acceptors (Lipinski definition) is 4. The molecule has 118 valence electrons. The van der Waals surface area contributed by atoms with Crippen LogP contribution in [0.25, 0.3) is 0 Å². The zero-order valence-electron chi connectivity index (χ0n) is 13.1. The van der Waals surface area contributed by atoms with Crippen LogP contribution in [0.15, 0.2) is 0 Å². The van der Waals surface area contributed by atoms with Gasteiger partial charge in [-0.15, -0.1) is 0 Å². The summed E-state index contributed by atoms with van der Waals surface area (Å²) in [6, 6.07) is 0. The van der Waals surface area contributed by atoms with Gasteiger partial charge in [-0.2, -0.15) is 0 Å². The van der Waals surface area contributed by atoms with Crippen LogP contribution in [-0.4, -0.2) is 62.6 Å². The third-order valence-corrected chi connectivity index (χ3v) is 5.00. The molecule has 2 fully saturated rings. The van der Waals surface area contributed by atoms with Crippen LogP contribution in [0.2, 0.25) is 0 Å². The summed E-state index contributed by atoms with van der Waals surface area (Å²) in [7, 11) is 0. The van der Waals surface area contributed by atoms with Crippen LogP contribution in [0.1, 0.15) is 39.0 Å². The number of aliphatic hydroxyl groups is 1. The van der Waals surface area contributed by atoms with Crippen LogP contribution >= 0.6 is 0 Å². The first kappa shape index (κ1) is 16.2. The summed E-state index contributed by atoms with van der Waals surface area (Å²) in [5, 5.41) is 12.9. The third kappa shape index (κ3) is 4.69. The van der Waals surface area contributed by atoms with Crippen molar-refractivity contribution in [3.63, 3.8) is 0 Å². The van der Waals surface area contributed by atoms with Crippen molar-refractivity contribution in [2.45, 2.75) is 39.0 Å². The molecule has 4 nitrogen and oxygen atoms in total. The SMILES string of the molecule is CCCNCC1(CN2CCC(CO)CC2)CCOCC1. The van der Waals surface area contributed by atoms with Gasteiger partial charge in [0.1, 0.15) is 0 Å². The molecule has 0 unspecified atom stereocenters. The summed E-state index contributed by atoms with van der Waals surface area (Å²) < 4.78 is 5.58. The fourth-order valence-electron chi connectivity index (χ4n) is 3.53. The number of piperidine rings is 1. The van der Waals surface area contributed by atoms with E-state index >= 15 is 0 Å². The van der Waals surface area contributed by atoms with Gasteiger partial charge in [0.05, 0.1) is 0 Å². The number of nitrogens with zero attached hydrogens (tertiary/aromatic N) is 1. The molecule has 0 aliphatic carbocycles. The first-order valence-corrected chi connectivity index (χ1v) is 8.40. The lowest BCUT2D eigenvalue weighted by molar-refractivity contribution is -0.0111. The first-order chi connectivity index (χ1) is 9.78. The molecule has 2 rings (SSSR count). The molecule has 0 aromatic heterocycles. The minimum absolute atomic E-state index is 0.366. The Kier molecular flexibility index (Phi) is 6.75. The van der Waals surface area contributed by atoms with Gasteiger partial charge >= 0.3 is 0 Å². The Bertz CT molecular complexity index is 259. The number of rotatable bonds is 7. The monoisotopic (exact) mass is 284 g/mol. The van der Waals surface area contributed by atoms with Crippen molar-refractivity contribution in [3.05, 3.63) is 0 Å². The van der Waals surface area contributed by atoms with Gasteiger partial charge in [-0.05, 0) is 63.1 Å². The summed E-state index contributed by atoms with van der Waals surface area (Å²) in [4.78, 5) is 2.62. The van der Waals surface area contributed by atoms with E-state index in [2.05, 4.69) is 17.1 Å². The Morgan fingerprint density at radius 3 is 2.55 bits per heavy atom. The molecule has 2 saturated heterocycles. The molecule has 4 heteroatoms. The number of ether oxygens (including phenoxy) is 1. The molecule has 0 amide bonds. The molecular weight excluding hydrogens is 252 g/mol. The Morgan fingerprint density at radius 2 is 1.95 bits per heavy atom. The zero-order chi connectivity index (χ0) is 14.3. The molecule has 0 bridgehead atoms. The maximum absolute atomic E-state index is 9.25. The number of likely N-dealkylation sites (tertiary alicyclic amines) is 1. The molecule has 0 aromatic rings. The maximum Gasteiger partial charge on any atom is 0.0472 e. The number of aliphatic hydroxyl groups excluding tert-OH is 1. The van der Waals surface area contributed by atoms with Crippen LogP contribution in [0.5, 0.6) is 0 Å². The van der Waals surface area contributed by atoms with E-state index in [0.717, 1.165) is 52.2 Å². The van der Waals surface area contributed by atoms with Gasteiger partial charge in [0.25, 0.3) is 0 Å². The summed E-state index contributed by atoms with van der Waals surface area (Å²) >= 11 is 0. The number of nitrogens with one attached hydrogen (secondary N) is 1. The molecule has 0 saturated carbocycles. The van der Waals surface area contributed by atoms with E-state index in [4.69, 9.17) is 4.74 Å². The summed E-state index contributed by atoms with van der Waals surface area (Å²) in [6.07, 6.45) is 5.89. The lowest BCUT2D eigenvalue weighted by Gasteiger charge is -2.43. The van der Waals surface area contributed by atoms with Crippen molar-refractivity contribution in [1.29, 1.82) is 0 Å². The van der Waals surface area contributed by atoms with E-state index in [9.17, 15) is 5.11 Å². The Hall–Kier alpha value is -0.160. The molecule has 0 spiro atoms. The van der Waals surface area contributed by atoms with Crippen LogP contribution in [0.4, 0.5) is 0 Å². The number of hydrogen-bond donors (Lipinski definition) is 2. The molecule has 0 radical (unpaired) electrons. The fourth-order valence-corrected chi connectivity index (χ4v) is 3.53. The molecule has 2 aliphatic heterocycles. The van der Waals surface area contributed by atoms with Crippen LogP contribution in [0.3, 0.4) is 0 Å². The second-order valence-corrected chi connectivity index (χ2v) is 6.69. The van der Waals surface area contributed by atoms with Gasteiger partial charge < -0.3 is 20.1 Å². The lowest BCUT2D eigenvalue weighted by atomic mass is 9.79. The van der Waals surface area contributed by atoms with Gasteiger partial charge in [-0.1, -0.05) is 6.92 Å². The maximum atomic E-state index is 9.25. The Labute approximate surface area is 123 Å². The van der Waals surface area contributed by atoms with E-state index in [0.29, 0.717) is 17.9 Å². The van der Waals surface area contributed by atoms with Gasteiger partial charge in [-0.3, -0.25) is 0 Å². The van der Waals surface area contributed by atoms with Crippen molar-refractivity contribution in [3.8, 4) is 0 Å². The summed E-state index contributed by atoms with van der Waals surface area (Å²) in [5.41, 5.74) is 0.402. The van der Waals surface area contributed by atoms with E-state index in [1.165, 1.54) is 25.8 Å². The Balaban J connectivity index is 1.83. The normalized spacial score (nSPS) is 24.9. The first-order valence-electron chi connectivity index (χ1n) is 8.40. The molecule has 0 aromatic carbocycles.